The van der Waals surface area contributed by atoms with Gasteiger partial charge in [-0.05, 0) is 20.3 Å². The molecule has 1 heterocycles. The molecule has 1 atom stereocenters. The molecule has 17 heavy (non-hydrogen) atoms. The monoisotopic (exact) mass is 243 g/mol. The average molecular weight is 243 g/mol. The topological polar surface area (TPSA) is 81.7 Å². The molecule has 2 amide bonds. The van der Waals surface area contributed by atoms with Crippen LogP contribution in [-0.2, 0) is 9.59 Å². The highest BCUT2D eigenvalue weighted by molar-refractivity contribution is 5.86. The molecule has 1 rings (SSSR count). The molecule has 1 saturated heterocycles. The molecule has 3 N–H and O–H groups in total. The average Bonchev–Trinajstić information content (AvgIpc) is 2.29. The van der Waals surface area contributed by atoms with E-state index in [-0.39, 0.29) is 37.0 Å². The van der Waals surface area contributed by atoms with Crippen molar-refractivity contribution >= 4 is 11.8 Å². The maximum Gasteiger partial charge on any atom is 0.241 e. The second kappa shape index (κ2) is 6.56. The lowest BCUT2D eigenvalue weighted by atomic mass is 10.1. The van der Waals surface area contributed by atoms with Gasteiger partial charge in [-0.2, -0.15) is 0 Å². The summed E-state index contributed by atoms with van der Waals surface area (Å²) in [6.07, 6.45) is 0.572. The Hall–Kier alpha value is -1.14. The zero-order valence-corrected chi connectivity index (χ0v) is 10.4. The van der Waals surface area contributed by atoms with Crippen molar-refractivity contribution in [1.82, 2.24) is 15.5 Å². The number of nitrogens with one attached hydrogen (secondary N) is 2. The minimum absolute atomic E-state index is 0.0200. The molecule has 6 nitrogen and oxygen atoms in total. The van der Waals surface area contributed by atoms with Crippen molar-refractivity contribution < 1.29 is 14.7 Å². The fraction of sp³-hybridized carbons (Fsp3) is 0.818. The molecule has 0 radical (unpaired) electrons. The molecule has 0 aromatic carbocycles. The summed E-state index contributed by atoms with van der Waals surface area (Å²) in [5.41, 5.74) is 0. The van der Waals surface area contributed by atoms with Gasteiger partial charge in [-0.15, -0.1) is 0 Å². The van der Waals surface area contributed by atoms with E-state index in [1.165, 1.54) is 0 Å². The van der Waals surface area contributed by atoms with Crippen LogP contribution in [0.25, 0.3) is 0 Å². The van der Waals surface area contributed by atoms with Crippen LogP contribution in [0.4, 0.5) is 0 Å². The molecule has 1 unspecified atom stereocenters. The highest BCUT2D eigenvalue weighted by Gasteiger charge is 2.28. The number of rotatable bonds is 5. The van der Waals surface area contributed by atoms with E-state index in [1.807, 2.05) is 13.8 Å². The van der Waals surface area contributed by atoms with Crippen molar-refractivity contribution in [3.05, 3.63) is 0 Å². The Bertz CT molecular complexity index is 271. The van der Waals surface area contributed by atoms with Crippen LogP contribution in [0.3, 0.4) is 0 Å². The van der Waals surface area contributed by atoms with Crippen molar-refractivity contribution in [2.24, 2.45) is 0 Å². The molecular weight excluding hydrogens is 222 g/mol. The van der Waals surface area contributed by atoms with Crippen LogP contribution in [0.15, 0.2) is 0 Å². The lowest BCUT2D eigenvalue weighted by Crippen LogP contribution is -2.59. The summed E-state index contributed by atoms with van der Waals surface area (Å²) in [6, 6.07) is -0.262. The summed E-state index contributed by atoms with van der Waals surface area (Å²) < 4.78 is 0. The summed E-state index contributed by atoms with van der Waals surface area (Å²) in [4.78, 5) is 24.9. The van der Waals surface area contributed by atoms with Crippen molar-refractivity contribution in [1.29, 1.82) is 0 Å². The van der Waals surface area contributed by atoms with Gasteiger partial charge in [0.15, 0.2) is 0 Å². The predicted octanol–water partition coefficient (Wildman–Crippen LogP) is -1.31. The maximum absolute atomic E-state index is 12.2. The molecule has 0 aliphatic carbocycles. The van der Waals surface area contributed by atoms with Crippen LogP contribution < -0.4 is 10.6 Å². The van der Waals surface area contributed by atoms with Gasteiger partial charge >= 0.3 is 0 Å². The van der Waals surface area contributed by atoms with Crippen molar-refractivity contribution in [3.8, 4) is 0 Å². The van der Waals surface area contributed by atoms with E-state index in [9.17, 15) is 9.59 Å². The van der Waals surface area contributed by atoms with Crippen LogP contribution >= 0.6 is 0 Å². The first kappa shape index (κ1) is 13.9. The Kier molecular flexibility index (Phi) is 5.37. The van der Waals surface area contributed by atoms with Crippen LogP contribution in [-0.4, -0.2) is 60.1 Å². The molecule has 6 heteroatoms. The summed E-state index contributed by atoms with van der Waals surface area (Å²) in [6.45, 7) is 5.01. The minimum Gasteiger partial charge on any atom is -0.396 e. The quantitative estimate of drug-likeness (QED) is 0.560. The summed E-state index contributed by atoms with van der Waals surface area (Å²) >= 11 is 0. The van der Waals surface area contributed by atoms with Crippen LogP contribution in [0.1, 0.15) is 20.3 Å². The van der Waals surface area contributed by atoms with Crippen molar-refractivity contribution in [3.63, 3.8) is 0 Å². The third kappa shape index (κ3) is 3.98. The Morgan fingerprint density at radius 3 is 2.76 bits per heavy atom. The van der Waals surface area contributed by atoms with Gasteiger partial charge in [0.1, 0.15) is 6.04 Å². The van der Waals surface area contributed by atoms with E-state index in [0.29, 0.717) is 19.5 Å². The Labute approximate surface area is 101 Å². The van der Waals surface area contributed by atoms with Crippen LogP contribution in [0, 0.1) is 0 Å². The van der Waals surface area contributed by atoms with Gasteiger partial charge in [-0.1, -0.05) is 0 Å². The number of hydrogen-bond acceptors (Lipinski definition) is 4. The molecule has 0 saturated carbocycles. The lowest BCUT2D eigenvalue weighted by Gasteiger charge is -2.32. The number of piperazine rings is 1. The van der Waals surface area contributed by atoms with E-state index >= 15 is 0 Å². The zero-order chi connectivity index (χ0) is 12.8. The summed E-state index contributed by atoms with van der Waals surface area (Å²) in [5, 5.41) is 14.4. The predicted molar refractivity (Wildman–Crippen MR) is 63.4 cm³/mol. The highest BCUT2D eigenvalue weighted by Crippen LogP contribution is 2.04. The number of amides is 2. The first-order valence-corrected chi connectivity index (χ1v) is 5.97. The van der Waals surface area contributed by atoms with E-state index in [0.717, 1.165) is 0 Å². The van der Waals surface area contributed by atoms with E-state index in [4.69, 9.17) is 5.11 Å². The first-order chi connectivity index (χ1) is 8.06. The minimum atomic E-state index is -0.353. The van der Waals surface area contributed by atoms with E-state index < -0.39 is 0 Å². The van der Waals surface area contributed by atoms with Crippen molar-refractivity contribution in [2.45, 2.75) is 32.4 Å². The lowest BCUT2D eigenvalue weighted by molar-refractivity contribution is -0.136. The zero-order valence-electron chi connectivity index (χ0n) is 10.4. The standard InChI is InChI=1S/C11H21N3O3/c1-8(2)14(4-3-5-15)11(17)9-6-13-10(16)7-12-9/h8-9,12,15H,3-7H2,1-2H3,(H,13,16). The van der Waals surface area contributed by atoms with Gasteiger partial charge in [-0.25, -0.2) is 0 Å². The fourth-order valence-electron chi connectivity index (χ4n) is 1.81. The highest BCUT2D eigenvalue weighted by atomic mass is 16.3. The number of carbonyl (C=O) groups is 2. The molecule has 1 aliphatic rings. The molecular formula is C11H21N3O3. The third-order valence-electron chi connectivity index (χ3n) is 2.77. The molecule has 0 aromatic rings. The maximum atomic E-state index is 12.2. The third-order valence-corrected chi connectivity index (χ3v) is 2.77. The van der Waals surface area contributed by atoms with Crippen LogP contribution in [0.2, 0.25) is 0 Å². The van der Waals surface area contributed by atoms with Gasteiger partial charge in [0, 0.05) is 25.7 Å². The van der Waals surface area contributed by atoms with E-state index in [1.54, 1.807) is 4.90 Å². The number of aliphatic hydroxyl groups is 1. The molecule has 0 aromatic heterocycles. The normalized spacial score (nSPS) is 20.2. The molecule has 0 spiro atoms. The SMILES string of the molecule is CC(C)N(CCCO)C(=O)C1CNC(=O)CN1. The Morgan fingerprint density at radius 2 is 2.29 bits per heavy atom. The van der Waals surface area contributed by atoms with Crippen LogP contribution in [0.5, 0.6) is 0 Å². The number of aliphatic hydroxyl groups excluding tert-OH is 1. The largest absolute Gasteiger partial charge is 0.396 e. The fourth-order valence-corrected chi connectivity index (χ4v) is 1.81. The smallest absolute Gasteiger partial charge is 0.241 e. The molecule has 1 fully saturated rings. The van der Waals surface area contributed by atoms with Gasteiger partial charge in [0.25, 0.3) is 0 Å². The molecule has 0 bridgehead atoms. The number of carbonyl (C=O) groups excluding carboxylic acids is 2. The van der Waals surface area contributed by atoms with Gasteiger partial charge < -0.3 is 15.3 Å². The molecule has 1 aliphatic heterocycles. The number of nitrogens with zero attached hydrogens (tertiary/aromatic N) is 1. The second-order valence-electron chi connectivity index (χ2n) is 4.44. The van der Waals surface area contributed by atoms with Gasteiger partial charge in [0.2, 0.25) is 11.8 Å². The molecule has 98 valence electrons. The Morgan fingerprint density at radius 1 is 1.59 bits per heavy atom. The van der Waals surface area contributed by atoms with E-state index in [2.05, 4.69) is 10.6 Å². The van der Waals surface area contributed by atoms with Gasteiger partial charge in [-0.3, -0.25) is 14.9 Å². The first-order valence-electron chi connectivity index (χ1n) is 5.97. The second-order valence-corrected chi connectivity index (χ2v) is 4.44. The number of hydrogen-bond donors (Lipinski definition) is 3. The van der Waals surface area contributed by atoms with Gasteiger partial charge in [0.05, 0.1) is 6.54 Å². The Balaban J connectivity index is 2.54. The van der Waals surface area contributed by atoms with Crippen molar-refractivity contribution in [2.75, 3.05) is 26.2 Å². The summed E-state index contributed by atoms with van der Waals surface area (Å²) in [7, 11) is 0. The summed E-state index contributed by atoms with van der Waals surface area (Å²) in [5.74, 6) is -0.103.